The van der Waals surface area contributed by atoms with Gasteiger partial charge in [0.25, 0.3) is 0 Å². The summed E-state index contributed by atoms with van der Waals surface area (Å²) in [5.74, 6) is 1.78. The van der Waals surface area contributed by atoms with Gasteiger partial charge in [0.2, 0.25) is 0 Å². The Balaban J connectivity index is 1.74. The third-order valence-electron chi connectivity index (χ3n) is 4.14. The number of nitrogens with one attached hydrogen (secondary N) is 1. The first kappa shape index (κ1) is 15.3. The van der Waals surface area contributed by atoms with Gasteiger partial charge in [-0.2, -0.15) is 0 Å². The maximum Gasteiger partial charge on any atom is 0.337 e. The molecule has 25 heavy (non-hydrogen) atoms. The van der Waals surface area contributed by atoms with Gasteiger partial charge in [-0.25, -0.2) is 9.78 Å². The molecule has 2 aromatic carbocycles. The number of para-hydroxylation sites is 1. The van der Waals surface area contributed by atoms with Crippen LogP contribution in [0.4, 0.5) is 0 Å². The molecule has 0 saturated carbocycles. The van der Waals surface area contributed by atoms with E-state index in [1.54, 1.807) is 25.3 Å². The molecule has 126 valence electrons. The second-order valence-corrected chi connectivity index (χ2v) is 5.65. The molecule has 0 spiro atoms. The number of ether oxygens (including phenoxy) is 3. The predicted octanol–water partition coefficient (Wildman–Crippen LogP) is 3.29. The molecule has 0 unspecified atom stereocenters. The average Bonchev–Trinajstić information content (AvgIpc) is 3.09. The first-order valence-corrected chi connectivity index (χ1v) is 7.78. The maximum atomic E-state index is 11.7. The van der Waals surface area contributed by atoms with Crippen LogP contribution in [0.3, 0.4) is 0 Å². The largest absolute Gasteiger partial charge is 0.493 e. The van der Waals surface area contributed by atoms with Crippen molar-refractivity contribution >= 4 is 28.7 Å². The van der Waals surface area contributed by atoms with Gasteiger partial charge in [0.1, 0.15) is 12.4 Å². The number of carbonyl (C=O) groups is 1. The first-order valence-electron chi connectivity index (χ1n) is 7.78. The molecule has 0 aliphatic carbocycles. The Morgan fingerprint density at radius 1 is 1.24 bits per heavy atom. The molecule has 0 radical (unpaired) electrons. The highest BCUT2D eigenvalue weighted by molar-refractivity contribution is 5.94. The number of esters is 1. The van der Waals surface area contributed by atoms with Crippen molar-refractivity contribution in [1.82, 2.24) is 9.97 Å². The number of aromatic nitrogens is 2. The van der Waals surface area contributed by atoms with Gasteiger partial charge in [0.15, 0.2) is 11.5 Å². The Morgan fingerprint density at radius 3 is 2.92 bits per heavy atom. The zero-order valence-electron chi connectivity index (χ0n) is 13.8. The van der Waals surface area contributed by atoms with Crippen LogP contribution in [0, 0.1) is 0 Å². The molecule has 0 saturated heterocycles. The van der Waals surface area contributed by atoms with Crippen LogP contribution in [0.15, 0.2) is 36.4 Å². The fourth-order valence-corrected chi connectivity index (χ4v) is 2.88. The fourth-order valence-electron chi connectivity index (χ4n) is 2.88. The van der Waals surface area contributed by atoms with Crippen molar-refractivity contribution in [2.24, 2.45) is 0 Å². The Kier molecular flexibility index (Phi) is 3.65. The van der Waals surface area contributed by atoms with Crippen molar-refractivity contribution < 1.29 is 19.0 Å². The van der Waals surface area contributed by atoms with E-state index in [9.17, 15) is 4.79 Å². The van der Waals surface area contributed by atoms with Crippen LogP contribution in [0.2, 0.25) is 0 Å². The van der Waals surface area contributed by atoms with Gasteiger partial charge in [-0.1, -0.05) is 12.1 Å². The molecule has 6 nitrogen and oxygen atoms in total. The summed E-state index contributed by atoms with van der Waals surface area (Å²) in [5, 5.41) is 0. The van der Waals surface area contributed by atoms with Crippen LogP contribution in [-0.2, 0) is 4.74 Å². The Bertz CT molecular complexity index is 1000. The normalized spacial score (nSPS) is 13.0. The number of hydrogen-bond donors (Lipinski definition) is 1. The lowest BCUT2D eigenvalue weighted by molar-refractivity contribution is 0.0601. The van der Waals surface area contributed by atoms with Gasteiger partial charge in [-0.3, -0.25) is 0 Å². The molecule has 1 N–H and O–H groups in total. The molecule has 0 bridgehead atoms. The zero-order chi connectivity index (χ0) is 17.4. The lowest BCUT2D eigenvalue weighted by Gasteiger charge is -2.18. The van der Waals surface area contributed by atoms with E-state index in [2.05, 4.69) is 9.97 Å². The Hall–Kier alpha value is -3.28. The van der Waals surface area contributed by atoms with E-state index in [1.807, 2.05) is 24.3 Å². The van der Waals surface area contributed by atoms with Crippen molar-refractivity contribution in [3.05, 3.63) is 53.3 Å². The van der Waals surface area contributed by atoms with Gasteiger partial charge >= 0.3 is 5.97 Å². The van der Waals surface area contributed by atoms with Crippen LogP contribution in [0.5, 0.6) is 11.5 Å². The van der Waals surface area contributed by atoms with E-state index in [-0.39, 0.29) is 5.97 Å². The topological polar surface area (TPSA) is 73.4 Å². The van der Waals surface area contributed by atoms with Crippen LogP contribution in [-0.4, -0.2) is 36.8 Å². The van der Waals surface area contributed by atoms with Crippen LogP contribution < -0.4 is 9.47 Å². The van der Waals surface area contributed by atoms with Crippen LogP contribution >= 0.6 is 0 Å². The van der Waals surface area contributed by atoms with E-state index >= 15 is 0 Å². The van der Waals surface area contributed by atoms with E-state index in [0.29, 0.717) is 23.7 Å². The number of benzene rings is 2. The number of nitrogens with zero attached hydrogens (tertiary/aromatic N) is 1. The summed E-state index contributed by atoms with van der Waals surface area (Å²) in [6.07, 6.45) is 2.03. The number of carbonyl (C=O) groups excluding carboxylic acids is 1. The summed E-state index contributed by atoms with van der Waals surface area (Å²) in [6, 6.07) is 11.0. The van der Waals surface area contributed by atoms with E-state index in [1.165, 1.54) is 7.11 Å². The molecule has 1 aromatic heterocycles. The monoisotopic (exact) mass is 336 g/mol. The molecule has 6 heteroatoms. The number of aromatic amines is 1. The van der Waals surface area contributed by atoms with Gasteiger partial charge in [-0.05, 0) is 30.3 Å². The van der Waals surface area contributed by atoms with E-state index in [0.717, 1.165) is 27.9 Å². The van der Waals surface area contributed by atoms with E-state index in [4.69, 9.17) is 14.2 Å². The van der Waals surface area contributed by atoms with Crippen molar-refractivity contribution in [2.75, 3.05) is 20.8 Å². The molecule has 3 aromatic rings. The first-order chi connectivity index (χ1) is 12.2. The predicted molar refractivity (Wildman–Crippen MR) is 93.8 cm³/mol. The molecular formula is C19H16N2O4. The minimum absolute atomic E-state index is 0.376. The molecule has 2 heterocycles. The Labute approximate surface area is 144 Å². The van der Waals surface area contributed by atoms with E-state index < -0.39 is 0 Å². The van der Waals surface area contributed by atoms with Gasteiger partial charge < -0.3 is 19.2 Å². The minimum atomic E-state index is -0.376. The summed E-state index contributed by atoms with van der Waals surface area (Å²) in [6.45, 7) is 0.386. The zero-order valence-corrected chi connectivity index (χ0v) is 13.8. The molecule has 4 rings (SSSR count). The number of imidazole rings is 1. The van der Waals surface area contributed by atoms with Gasteiger partial charge in [-0.15, -0.1) is 0 Å². The summed E-state index contributed by atoms with van der Waals surface area (Å²) in [7, 11) is 2.98. The fraction of sp³-hybridized carbons (Fsp3) is 0.158. The number of rotatable bonds is 3. The summed E-state index contributed by atoms with van der Waals surface area (Å²) in [4.78, 5) is 19.5. The molecular weight excluding hydrogens is 320 g/mol. The second kappa shape index (κ2) is 5.98. The van der Waals surface area contributed by atoms with Crippen molar-refractivity contribution in [1.29, 1.82) is 0 Å². The standard InChI is InChI=1S/C19H16N2O4/c1-23-16-5-3-4-11-8-13(10-25-17(11)16)18-20-14-7-6-12(19(22)24-2)9-15(14)21-18/h3-9H,10H2,1-2H3,(H,20,21). The third kappa shape index (κ3) is 2.61. The average molecular weight is 336 g/mol. The Morgan fingerprint density at radius 2 is 2.12 bits per heavy atom. The number of methoxy groups -OCH3 is 2. The highest BCUT2D eigenvalue weighted by Crippen LogP contribution is 2.37. The van der Waals surface area contributed by atoms with Crippen molar-refractivity contribution in [3.63, 3.8) is 0 Å². The van der Waals surface area contributed by atoms with Crippen LogP contribution in [0.1, 0.15) is 21.7 Å². The smallest absolute Gasteiger partial charge is 0.337 e. The van der Waals surface area contributed by atoms with Crippen molar-refractivity contribution in [2.45, 2.75) is 0 Å². The lowest BCUT2D eigenvalue weighted by atomic mass is 10.1. The summed E-state index contributed by atoms with van der Waals surface area (Å²) in [5.41, 5.74) is 3.90. The maximum absolute atomic E-state index is 11.7. The van der Waals surface area contributed by atoms with Gasteiger partial charge in [0.05, 0.1) is 30.8 Å². The van der Waals surface area contributed by atoms with Crippen LogP contribution in [0.25, 0.3) is 22.7 Å². The molecule has 0 amide bonds. The third-order valence-corrected chi connectivity index (χ3v) is 4.14. The molecule has 0 atom stereocenters. The highest BCUT2D eigenvalue weighted by atomic mass is 16.5. The summed E-state index contributed by atoms with van der Waals surface area (Å²) < 4.78 is 15.9. The molecule has 0 fully saturated rings. The number of fused-ring (bicyclic) bond motifs is 2. The molecule has 1 aliphatic rings. The van der Waals surface area contributed by atoms with Crippen molar-refractivity contribution in [3.8, 4) is 11.5 Å². The lowest BCUT2D eigenvalue weighted by Crippen LogP contribution is -2.08. The second-order valence-electron chi connectivity index (χ2n) is 5.65. The summed E-state index contributed by atoms with van der Waals surface area (Å²) >= 11 is 0. The quantitative estimate of drug-likeness (QED) is 0.743. The molecule has 1 aliphatic heterocycles. The number of H-pyrrole nitrogens is 1. The van der Waals surface area contributed by atoms with Gasteiger partial charge in [0, 0.05) is 11.1 Å². The highest BCUT2D eigenvalue weighted by Gasteiger charge is 2.19. The minimum Gasteiger partial charge on any atom is -0.493 e. The SMILES string of the molecule is COC(=O)c1ccc2nc(C3=Cc4cccc(OC)c4OC3)[nH]c2c1. The number of hydrogen-bond acceptors (Lipinski definition) is 5.